The van der Waals surface area contributed by atoms with Gasteiger partial charge in [0.1, 0.15) is 10.8 Å². The van der Waals surface area contributed by atoms with Gasteiger partial charge in [0, 0.05) is 11.5 Å². The van der Waals surface area contributed by atoms with Gasteiger partial charge in [-0.25, -0.2) is 0 Å². The van der Waals surface area contributed by atoms with E-state index in [0.29, 0.717) is 11.7 Å². The Morgan fingerprint density at radius 3 is 2.45 bits per heavy atom. The van der Waals surface area contributed by atoms with E-state index in [1.54, 1.807) is 0 Å². The molecule has 0 radical (unpaired) electrons. The second kappa shape index (κ2) is 7.89. The fourth-order valence-electron chi connectivity index (χ4n) is 2.12. The Bertz CT molecular complexity index is 606. The standard InChI is InChI=1S/C16H21N3O2S/c1-4-11(5-2)14(20)17-16-19-18-15(22-16)12-7-9-13(10-8-12)21-6-3/h7-11H,4-6H2,1-3H3,(H,17,19,20). The predicted molar refractivity (Wildman–Crippen MR) is 89.2 cm³/mol. The van der Waals surface area contributed by atoms with Crippen LogP contribution in [0.4, 0.5) is 5.13 Å². The number of ether oxygens (including phenoxy) is 1. The lowest BCUT2D eigenvalue weighted by Gasteiger charge is -2.09. The molecule has 1 N–H and O–H groups in total. The highest BCUT2D eigenvalue weighted by atomic mass is 32.1. The lowest BCUT2D eigenvalue weighted by atomic mass is 10.0. The molecule has 0 saturated carbocycles. The van der Waals surface area contributed by atoms with Crippen LogP contribution in [0.15, 0.2) is 24.3 Å². The molecule has 1 amide bonds. The van der Waals surface area contributed by atoms with Crippen LogP contribution in [0.5, 0.6) is 5.75 Å². The SMILES string of the molecule is CCOc1ccc(-c2nnc(NC(=O)C(CC)CC)s2)cc1. The third kappa shape index (κ3) is 4.04. The van der Waals surface area contributed by atoms with Gasteiger partial charge >= 0.3 is 0 Å². The minimum Gasteiger partial charge on any atom is -0.494 e. The molecule has 0 fully saturated rings. The molecule has 0 aliphatic heterocycles. The Kier molecular flexibility index (Phi) is 5.89. The van der Waals surface area contributed by atoms with E-state index in [0.717, 1.165) is 29.2 Å². The molecule has 118 valence electrons. The Morgan fingerprint density at radius 1 is 1.18 bits per heavy atom. The predicted octanol–water partition coefficient (Wildman–Crippen LogP) is 3.98. The number of amides is 1. The molecule has 0 bridgehead atoms. The maximum Gasteiger partial charge on any atom is 0.229 e. The number of nitrogens with zero attached hydrogens (tertiary/aromatic N) is 2. The molecular formula is C16H21N3O2S. The Labute approximate surface area is 134 Å². The van der Waals surface area contributed by atoms with Gasteiger partial charge in [0.2, 0.25) is 11.0 Å². The third-order valence-corrected chi connectivity index (χ3v) is 4.31. The lowest BCUT2D eigenvalue weighted by Crippen LogP contribution is -2.21. The normalized spacial score (nSPS) is 10.7. The highest BCUT2D eigenvalue weighted by Crippen LogP contribution is 2.28. The zero-order chi connectivity index (χ0) is 15.9. The lowest BCUT2D eigenvalue weighted by molar-refractivity contribution is -0.120. The van der Waals surface area contributed by atoms with Crippen LogP contribution in [0.2, 0.25) is 0 Å². The van der Waals surface area contributed by atoms with Crippen molar-refractivity contribution >= 4 is 22.4 Å². The fourth-order valence-corrected chi connectivity index (χ4v) is 2.87. The fraction of sp³-hybridized carbons (Fsp3) is 0.438. The monoisotopic (exact) mass is 319 g/mol. The van der Waals surface area contributed by atoms with Gasteiger partial charge in [0.05, 0.1) is 6.61 Å². The number of rotatable bonds is 7. The van der Waals surface area contributed by atoms with E-state index < -0.39 is 0 Å². The number of hydrogen-bond acceptors (Lipinski definition) is 5. The van der Waals surface area contributed by atoms with Crippen LogP contribution in [0.1, 0.15) is 33.6 Å². The van der Waals surface area contributed by atoms with Gasteiger partial charge in [-0.05, 0) is 44.0 Å². The number of carbonyl (C=O) groups excluding carboxylic acids is 1. The first kappa shape index (κ1) is 16.4. The molecule has 0 aliphatic rings. The molecule has 0 atom stereocenters. The summed E-state index contributed by atoms with van der Waals surface area (Å²) in [5.74, 6) is 0.871. The second-order valence-electron chi connectivity index (χ2n) is 4.87. The number of nitrogens with one attached hydrogen (secondary N) is 1. The molecule has 1 aromatic carbocycles. The van der Waals surface area contributed by atoms with E-state index >= 15 is 0 Å². The summed E-state index contributed by atoms with van der Waals surface area (Å²) in [5.41, 5.74) is 0.962. The summed E-state index contributed by atoms with van der Waals surface area (Å²) in [6.07, 6.45) is 1.65. The average molecular weight is 319 g/mol. The molecule has 0 saturated heterocycles. The summed E-state index contributed by atoms with van der Waals surface area (Å²) in [6, 6.07) is 7.70. The zero-order valence-electron chi connectivity index (χ0n) is 13.1. The minimum absolute atomic E-state index is 0.0133. The number of hydrogen-bond donors (Lipinski definition) is 1. The van der Waals surface area contributed by atoms with Gasteiger partial charge in [-0.15, -0.1) is 10.2 Å². The third-order valence-electron chi connectivity index (χ3n) is 3.42. The molecule has 6 heteroatoms. The molecule has 0 spiro atoms. The molecule has 1 heterocycles. The number of aromatic nitrogens is 2. The van der Waals surface area contributed by atoms with E-state index in [-0.39, 0.29) is 11.8 Å². The van der Waals surface area contributed by atoms with Crippen LogP contribution in [0, 0.1) is 5.92 Å². The van der Waals surface area contributed by atoms with Crippen molar-refractivity contribution in [1.82, 2.24) is 10.2 Å². The van der Waals surface area contributed by atoms with E-state index in [4.69, 9.17) is 4.74 Å². The van der Waals surface area contributed by atoms with Gasteiger partial charge in [-0.1, -0.05) is 25.2 Å². The van der Waals surface area contributed by atoms with Crippen LogP contribution in [0.25, 0.3) is 10.6 Å². The highest BCUT2D eigenvalue weighted by molar-refractivity contribution is 7.18. The largest absolute Gasteiger partial charge is 0.494 e. The maximum atomic E-state index is 12.0. The van der Waals surface area contributed by atoms with E-state index in [2.05, 4.69) is 15.5 Å². The van der Waals surface area contributed by atoms with Crippen LogP contribution in [0.3, 0.4) is 0 Å². The number of anilines is 1. The Morgan fingerprint density at radius 2 is 1.86 bits per heavy atom. The highest BCUT2D eigenvalue weighted by Gasteiger charge is 2.16. The molecule has 1 aromatic heterocycles. The molecule has 0 aliphatic carbocycles. The average Bonchev–Trinajstić information content (AvgIpc) is 2.98. The van der Waals surface area contributed by atoms with Crippen molar-refractivity contribution < 1.29 is 9.53 Å². The van der Waals surface area contributed by atoms with Gasteiger partial charge in [0.25, 0.3) is 0 Å². The van der Waals surface area contributed by atoms with E-state index in [9.17, 15) is 4.79 Å². The number of carbonyl (C=O) groups is 1. The Balaban J connectivity index is 2.06. The summed E-state index contributed by atoms with van der Waals surface area (Å²) in [5, 5.41) is 12.4. The first-order valence-electron chi connectivity index (χ1n) is 7.55. The van der Waals surface area contributed by atoms with Crippen LogP contribution in [-0.2, 0) is 4.79 Å². The summed E-state index contributed by atoms with van der Waals surface area (Å²) >= 11 is 1.38. The second-order valence-corrected chi connectivity index (χ2v) is 5.85. The van der Waals surface area contributed by atoms with Gasteiger partial charge in [-0.3, -0.25) is 4.79 Å². The molecule has 2 aromatic rings. The minimum atomic E-state index is 0.0133. The van der Waals surface area contributed by atoms with Crippen molar-refractivity contribution in [3.05, 3.63) is 24.3 Å². The zero-order valence-corrected chi connectivity index (χ0v) is 13.9. The topological polar surface area (TPSA) is 64.1 Å². The quantitative estimate of drug-likeness (QED) is 0.838. The molecule has 0 unspecified atom stereocenters. The molecule has 5 nitrogen and oxygen atoms in total. The van der Waals surface area contributed by atoms with Crippen LogP contribution >= 0.6 is 11.3 Å². The summed E-state index contributed by atoms with van der Waals surface area (Å²) in [6.45, 7) is 6.62. The molecular weight excluding hydrogens is 298 g/mol. The Hall–Kier alpha value is -1.95. The van der Waals surface area contributed by atoms with Crippen molar-refractivity contribution in [1.29, 1.82) is 0 Å². The summed E-state index contributed by atoms with van der Waals surface area (Å²) in [4.78, 5) is 12.0. The van der Waals surface area contributed by atoms with Gasteiger partial charge < -0.3 is 10.1 Å². The van der Waals surface area contributed by atoms with Crippen molar-refractivity contribution in [3.63, 3.8) is 0 Å². The van der Waals surface area contributed by atoms with Crippen LogP contribution in [-0.4, -0.2) is 22.7 Å². The summed E-state index contributed by atoms with van der Waals surface area (Å²) in [7, 11) is 0. The van der Waals surface area contributed by atoms with Crippen LogP contribution < -0.4 is 10.1 Å². The van der Waals surface area contributed by atoms with E-state index in [1.165, 1.54) is 11.3 Å². The smallest absolute Gasteiger partial charge is 0.229 e. The van der Waals surface area contributed by atoms with Crippen molar-refractivity contribution in [2.24, 2.45) is 5.92 Å². The maximum absolute atomic E-state index is 12.0. The number of benzene rings is 1. The van der Waals surface area contributed by atoms with E-state index in [1.807, 2.05) is 45.0 Å². The molecule has 22 heavy (non-hydrogen) atoms. The van der Waals surface area contributed by atoms with Gasteiger partial charge in [0.15, 0.2) is 0 Å². The summed E-state index contributed by atoms with van der Waals surface area (Å²) < 4.78 is 5.42. The first-order valence-corrected chi connectivity index (χ1v) is 8.37. The van der Waals surface area contributed by atoms with Crippen molar-refractivity contribution in [2.75, 3.05) is 11.9 Å². The first-order chi connectivity index (χ1) is 10.7. The van der Waals surface area contributed by atoms with Crippen molar-refractivity contribution in [2.45, 2.75) is 33.6 Å². The van der Waals surface area contributed by atoms with Gasteiger partial charge in [-0.2, -0.15) is 0 Å². The molecule has 2 rings (SSSR count). The van der Waals surface area contributed by atoms with Crippen molar-refractivity contribution in [3.8, 4) is 16.3 Å².